The number of nitrogens with zero attached hydrogens (tertiary/aromatic N) is 5. The molecule has 0 saturated carbocycles. The van der Waals surface area contributed by atoms with Crippen LogP contribution in [0.25, 0.3) is 0 Å². The van der Waals surface area contributed by atoms with Crippen LogP contribution in [0, 0.1) is 11.3 Å². The Morgan fingerprint density at radius 3 is 3.00 bits per heavy atom. The van der Waals surface area contributed by atoms with Crippen molar-refractivity contribution in [1.82, 2.24) is 25.4 Å². The molecule has 23 heavy (non-hydrogen) atoms. The van der Waals surface area contributed by atoms with E-state index < -0.39 is 0 Å². The van der Waals surface area contributed by atoms with Gasteiger partial charge < -0.3 is 15.2 Å². The minimum atomic E-state index is 0.613. The number of benzene rings is 1. The van der Waals surface area contributed by atoms with E-state index in [0.717, 1.165) is 36.9 Å². The van der Waals surface area contributed by atoms with Crippen molar-refractivity contribution in [2.45, 2.75) is 26.4 Å². The number of nitrogens with one attached hydrogen (secondary N) is 2. The molecular formula is C16H21N7. The van der Waals surface area contributed by atoms with Crippen LogP contribution in [0.3, 0.4) is 0 Å². The van der Waals surface area contributed by atoms with Crippen molar-refractivity contribution >= 4 is 5.96 Å². The highest BCUT2D eigenvalue weighted by molar-refractivity contribution is 5.79. The minimum absolute atomic E-state index is 0.613. The smallest absolute Gasteiger partial charge is 0.191 e. The van der Waals surface area contributed by atoms with E-state index >= 15 is 0 Å². The van der Waals surface area contributed by atoms with Gasteiger partial charge in [0.1, 0.15) is 12.2 Å². The Morgan fingerprint density at radius 2 is 2.26 bits per heavy atom. The quantitative estimate of drug-likeness (QED) is 0.615. The van der Waals surface area contributed by atoms with Gasteiger partial charge in [-0.05, 0) is 17.7 Å². The van der Waals surface area contributed by atoms with E-state index in [1.807, 2.05) is 22.8 Å². The van der Waals surface area contributed by atoms with Gasteiger partial charge in [-0.3, -0.25) is 4.99 Å². The monoisotopic (exact) mass is 311 g/mol. The Balaban J connectivity index is 1.80. The van der Waals surface area contributed by atoms with Gasteiger partial charge in [0.2, 0.25) is 0 Å². The van der Waals surface area contributed by atoms with Crippen molar-refractivity contribution in [1.29, 1.82) is 5.26 Å². The SMILES string of the molecule is CCc1nncn1CCNC(=NC)NCc1cccc(C#N)c1. The van der Waals surface area contributed by atoms with Gasteiger partial charge in [0, 0.05) is 33.1 Å². The predicted octanol–water partition coefficient (Wildman–Crippen LogP) is 1.08. The molecule has 1 aromatic carbocycles. The number of hydrogen-bond acceptors (Lipinski definition) is 4. The van der Waals surface area contributed by atoms with E-state index in [1.165, 1.54) is 0 Å². The summed E-state index contributed by atoms with van der Waals surface area (Å²) in [4.78, 5) is 4.20. The fraction of sp³-hybridized carbons (Fsp3) is 0.375. The number of aliphatic imine (C=N–C) groups is 1. The van der Waals surface area contributed by atoms with Gasteiger partial charge >= 0.3 is 0 Å². The topological polar surface area (TPSA) is 90.9 Å². The molecular weight excluding hydrogens is 290 g/mol. The van der Waals surface area contributed by atoms with Crippen molar-refractivity contribution in [2.75, 3.05) is 13.6 Å². The van der Waals surface area contributed by atoms with Crippen molar-refractivity contribution in [3.05, 3.63) is 47.5 Å². The summed E-state index contributed by atoms with van der Waals surface area (Å²) in [6.45, 7) is 4.18. The molecule has 0 bridgehead atoms. The molecule has 0 aliphatic carbocycles. The maximum atomic E-state index is 8.92. The summed E-state index contributed by atoms with van der Waals surface area (Å²) in [5.74, 6) is 1.70. The zero-order valence-corrected chi connectivity index (χ0v) is 13.5. The highest BCUT2D eigenvalue weighted by Gasteiger charge is 2.02. The van der Waals surface area contributed by atoms with E-state index in [9.17, 15) is 0 Å². The van der Waals surface area contributed by atoms with Gasteiger partial charge in [0.15, 0.2) is 5.96 Å². The molecule has 0 aliphatic heterocycles. The van der Waals surface area contributed by atoms with Gasteiger partial charge in [-0.2, -0.15) is 5.26 Å². The number of aromatic nitrogens is 3. The first-order valence-electron chi connectivity index (χ1n) is 7.57. The van der Waals surface area contributed by atoms with Crippen LogP contribution in [-0.2, 0) is 19.5 Å². The summed E-state index contributed by atoms with van der Waals surface area (Å²) >= 11 is 0. The van der Waals surface area contributed by atoms with Crippen LogP contribution < -0.4 is 10.6 Å². The molecule has 2 N–H and O–H groups in total. The second-order valence-corrected chi connectivity index (χ2v) is 4.96. The van der Waals surface area contributed by atoms with Crippen LogP contribution in [0.5, 0.6) is 0 Å². The number of hydrogen-bond donors (Lipinski definition) is 2. The lowest BCUT2D eigenvalue weighted by atomic mass is 10.1. The zero-order valence-electron chi connectivity index (χ0n) is 13.5. The van der Waals surface area contributed by atoms with Gasteiger partial charge in [0.05, 0.1) is 11.6 Å². The first-order chi connectivity index (χ1) is 11.3. The molecule has 0 atom stereocenters. The van der Waals surface area contributed by atoms with Crippen LogP contribution in [0.2, 0.25) is 0 Å². The Morgan fingerprint density at radius 1 is 1.39 bits per heavy atom. The van der Waals surface area contributed by atoms with Crippen LogP contribution in [0.15, 0.2) is 35.6 Å². The molecule has 2 aromatic rings. The van der Waals surface area contributed by atoms with E-state index in [1.54, 1.807) is 19.4 Å². The zero-order chi connectivity index (χ0) is 16.5. The van der Waals surface area contributed by atoms with E-state index in [-0.39, 0.29) is 0 Å². The third kappa shape index (κ3) is 4.81. The summed E-state index contributed by atoms with van der Waals surface area (Å²) in [5.41, 5.74) is 1.70. The standard InChI is InChI=1S/C16H21N7/c1-3-15-22-21-12-23(15)8-7-19-16(18-2)20-11-14-6-4-5-13(9-14)10-17/h4-6,9,12H,3,7-8,11H2,1-2H3,(H2,18,19,20). The summed E-state index contributed by atoms with van der Waals surface area (Å²) in [6, 6.07) is 9.66. The average Bonchev–Trinajstić information content (AvgIpc) is 3.05. The van der Waals surface area contributed by atoms with E-state index in [0.29, 0.717) is 12.1 Å². The van der Waals surface area contributed by atoms with E-state index in [2.05, 4.69) is 38.8 Å². The Kier molecular flexibility index (Phi) is 6.12. The Bertz CT molecular complexity index is 696. The average molecular weight is 311 g/mol. The normalized spacial score (nSPS) is 11.1. The fourth-order valence-electron chi connectivity index (χ4n) is 2.19. The van der Waals surface area contributed by atoms with Gasteiger partial charge in [-0.25, -0.2) is 0 Å². The summed E-state index contributed by atoms with van der Waals surface area (Å²) in [5, 5.41) is 23.4. The third-order valence-electron chi connectivity index (χ3n) is 3.40. The van der Waals surface area contributed by atoms with Crippen LogP contribution in [-0.4, -0.2) is 34.3 Å². The Labute approximate surface area is 136 Å². The van der Waals surface area contributed by atoms with E-state index in [4.69, 9.17) is 5.26 Å². The predicted molar refractivity (Wildman–Crippen MR) is 88.8 cm³/mol. The fourth-order valence-corrected chi connectivity index (χ4v) is 2.19. The Hall–Kier alpha value is -2.88. The molecule has 120 valence electrons. The molecule has 7 nitrogen and oxygen atoms in total. The lowest BCUT2D eigenvalue weighted by molar-refractivity contribution is 0.632. The molecule has 0 amide bonds. The molecule has 7 heteroatoms. The molecule has 0 spiro atoms. The molecule has 0 radical (unpaired) electrons. The van der Waals surface area contributed by atoms with Crippen molar-refractivity contribution < 1.29 is 0 Å². The van der Waals surface area contributed by atoms with Gasteiger partial charge in [0.25, 0.3) is 0 Å². The molecule has 1 aromatic heterocycles. The second-order valence-electron chi connectivity index (χ2n) is 4.96. The first-order valence-corrected chi connectivity index (χ1v) is 7.57. The van der Waals surface area contributed by atoms with Crippen molar-refractivity contribution in [3.8, 4) is 6.07 Å². The van der Waals surface area contributed by atoms with Crippen LogP contribution >= 0.6 is 0 Å². The summed E-state index contributed by atoms with van der Waals surface area (Å²) in [6.07, 6.45) is 2.60. The second kappa shape index (κ2) is 8.54. The van der Waals surface area contributed by atoms with Crippen molar-refractivity contribution in [2.24, 2.45) is 4.99 Å². The molecule has 0 unspecified atom stereocenters. The van der Waals surface area contributed by atoms with Gasteiger partial charge in [-0.15, -0.1) is 10.2 Å². The molecule has 0 aliphatic rings. The van der Waals surface area contributed by atoms with Gasteiger partial charge in [-0.1, -0.05) is 19.1 Å². The molecule has 1 heterocycles. The van der Waals surface area contributed by atoms with Crippen LogP contribution in [0.4, 0.5) is 0 Å². The van der Waals surface area contributed by atoms with Crippen LogP contribution in [0.1, 0.15) is 23.9 Å². The third-order valence-corrected chi connectivity index (χ3v) is 3.40. The number of nitriles is 1. The number of aryl methyl sites for hydroxylation is 1. The first kappa shape index (κ1) is 16.5. The lowest BCUT2D eigenvalue weighted by Crippen LogP contribution is -2.38. The molecule has 0 saturated heterocycles. The lowest BCUT2D eigenvalue weighted by Gasteiger charge is -2.12. The highest BCUT2D eigenvalue weighted by Crippen LogP contribution is 2.03. The highest BCUT2D eigenvalue weighted by atomic mass is 15.3. The molecule has 0 fully saturated rings. The largest absolute Gasteiger partial charge is 0.355 e. The van der Waals surface area contributed by atoms with Crippen molar-refractivity contribution in [3.63, 3.8) is 0 Å². The minimum Gasteiger partial charge on any atom is -0.355 e. The number of rotatable bonds is 6. The maximum Gasteiger partial charge on any atom is 0.191 e. The number of guanidine groups is 1. The summed E-state index contributed by atoms with van der Waals surface area (Å²) < 4.78 is 2.02. The summed E-state index contributed by atoms with van der Waals surface area (Å²) in [7, 11) is 1.73. The maximum absolute atomic E-state index is 8.92. The molecule has 2 rings (SSSR count).